The van der Waals surface area contributed by atoms with Crippen LogP contribution in [0.2, 0.25) is 5.28 Å². The Hall–Kier alpha value is -1.30. The van der Waals surface area contributed by atoms with Gasteiger partial charge in [0.1, 0.15) is 0 Å². The standard InChI is InChI=1S/C9H14ClN3O3/c1-4-6(7(14)16-5(2)3)13-8(10)11-9(15)12-13/h5-6H,4H2,1-3H3,(H,12,15). The summed E-state index contributed by atoms with van der Waals surface area (Å²) in [7, 11) is 0. The minimum Gasteiger partial charge on any atom is -0.478 e. The fourth-order valence-electron chi connectivity index (χ4n) is 1.24. The number of nitrogens with zero attached hydrogens (tertiary/aromatic N) is 3. The van der Waals surface area contributed by atoms with Gasteiger partial charge in [0.2, 0.25) is 5.28 Å². The van der Waals surface area contributed by atoms with Crippen molar-refractivity contribution in [3.8, 4) is 6.01 Å². The number of hydrogen-bond donors (Lipinski definition) is 1. The van der Waals surface area contributed by atoms with Crippen molar-refractivity contribution in [2.75, 3.05) is 0 Å². The lowest BCUT2D eigenvalue weighted by Gasteiger charge is -2.16. The third-order valence-corrected chi connectivity index (χ3v) is 2.14. The number of carbonyl (C=O) groups excluding carboxylic acids is 1. The van der Waals surface area contributed by atoms with Gasteiger partial charge in [0.15, 0.2) is 6.04 Å². The van der Waals surface area contributed by atoms with E-state index < -0.39 is 18.0 Å². The zero-order valence-corrected chi connectivity index (χ0v) is 10.1. The van der Waals surface area contributed by atoms with Crippen LogP contribution in [0.1, 0.15) is 33.2 Å². The summed E-state index contributed by atoms with van der Waals surface area (Å²) in [6.45, 7) is 5.30. The van der Waals surface area contributed by atoms with Gasteiger partial charge < -0.3 is 9.84 Å². The molecular formula is C9H14ClN3O3. The lowest BCUT2D eigenvalue weighted by molar-refractivity contribution is -0.152. The van der Waals surface area contributed by atoms with Gasteiger partial charge in [0.25, 0.3) is 0 Å². The smallest absolute Gasteiger partial charge is 0.334 e. The maximum Gasteiger partial charge on any atom is 0.334 e. The van der Waals surface area contributed by atoms with Crippen LogP contribution < -0.4 is 0 Å². The minimum atomic E-state index is -0.664. The third kappa shape index (κ3) is 2.85. The van der Waals surface area contributed by atoms with Gasteiger partial charge in [0.05, 0.1) is 6.10 Å². The van der Waals surface area contributed by atoms with Crippen LogP contribution in [0.15, 0.2) is 0 Å². The second-order valence-electron chi connectivity index (χ2n) is 3.54. The Balaban J connectivity index is 2.90. The van der Waals surface area contributed by atoms with Crippen LogP contribution in [-0.2, 0) is 9.53 Å². The summed E-state index contributed by atoms with van der Waals surface area (Å²) in [6, 6.07) is -1.12. The molecule has 1 rings (SSSR count). The van der Waals surface area contributed by atoms with Gasteiger partial charge in [-0.15, -0.1) is 5.10 Å². The van der Waals surface area contributed by atoms with Crippen LogP contribution in [0.5, 0.6) is 6.01 Å². The Bertz CT molecular complexity index is 378. The molecule has 1 aromatic rings. The molecule has 90 valence electrons. The number of aromatic nitrogens is 3. The summed E-state index contributed by atoms with van der Waals surface area (Å²) in [4.78, 5) is 15.2. The Morgan fingerprint density at radius 2 is 2.25 bits per heavy atom. The van der Waals surface area contributed by atoms with Gasteiger partial charge in [-0.3, -0.25) is 0 Å². The summed E-state index contributed by atoms with van der Waals surface area (Å²) in [5.41, 5.74) is 0. The molecule has 0 saturated heterocycles. The van der Waals surface area contributed by atoms with Gasteiger partial charge in [-0.1, -0.05) is 6.92 Å². The maximum absolute atomic E-state index is 11.7. The lowest BCUT2D eigenvalue weighted by atomic mass is 10.2. The molecular weight excluding hydrogens is 234 g/mol. The number of hydrogen-bond acceptors (Lipinski definition) is 5. The van der Waals surface area contributed by atoms with Crippen LogP contribution >= 0.6 is 11.6 Å². The van der Waals surface area contributed by atoms with E-state index in [2.05, 4.69) is 10.1 Å². The van der Waals surface area contributed by atoms with Gasteiger partial charge in [-0.25, -0.2) is 9.48 Å². The quantitative estimate of drug-likeness (QED) is 0.817. The van der Waals surface area contributed by atoms with Gasteiger partial charge >= 0.3 is 12.0 Å². The van der Waals surface area contributed by atoms with Crippen molar-refractivity contribution in [2.45, 2.75) is 39.3 Å². The second kappa shape index (κ2) is 5.16. The molecule has 16 heavy (non-hydrogen) atoms. The summed E-state index contributed by atoms with van der Waals surface area (Å²) in [5.74, 6) is -0.440. The number of rotatable bonds is 4. The van der Waals surface area contributed by atoms with Gasteiger partial charge in [-0.05, 0) is 31.9 Å². The number of ether oxygens (including phenoxy) is 1. The molecule has 0 fully saturated rings. The average Bonchev–Trinajstić information content (AvgIpc) is 2.45. The third-order valence-electron chi connectivity index (χ3n) is 1.88. The molecule has 0 aliphatic carbocycles. The Morgan fingerprint density at radius 3 is 2.62 bits per heavy atom. The Labute approximate surface area is 98.2 Å². The summed E-state index contributed by atoms with van der Waals surface area (Å²) in [5, 5.41) is 12.7. The molecule has 1 N–H and O–H groups in total. The van der Waals surface area contributed by atoms with Crippen molar-refractivity contribution in [3.05, 3.63) is 5.28 Å². The van der Waals surface area contributed by atoms with Crippen molar-refractivity contribution >= 4 is 17.6 Å². The van der Waals surface area contributed by atoms with Gasteiger partial charge in [-0.2, -0.15) is 4.98 Å². The molecule has 6 nitrogen and oxygen atoms in total. The molecule has 7 heteroatoms. The molecule has 0 spiro atoms. The molecule has 1 atom stereocenters. The Morgan fingerprint density at radius 1 is 1.62 bits per heavy atom. The van der Waals surface area contributed by atoms with E-state index in [0.717, 1.165) is 4.68 Å². The van der Waals surface area contributed by atoms with Crippen LogP contribution in [0, 0.1) is 0 Å². The molecule has 0 bridgehead atoms. The number of carbonyl (C=O) groups is 1. The van der Waals surface area contributed by atoms with E-state index in [1.165, 1.54) is 0 Å². The number of halogens is 1. The second-order valence-corrected chi connectivity index (χ2v) is 3.87. The van der Waals surface area contributed by atoms with E-state index in [9.17, 15) is 4.79 Å². The first-order valence-corrected chi connectivity index (χ1v) is 5.35. The number of esters is 1. The molecule has 1 heterocycles. The highest BCUT2D eigenvalue weighted by Crippen LogP contribution is 2.20. The maximum atomic E-state index is 11.7. The zero-order valence-electron chi connectivity index (χ0n) is 9.35. The average molecular weight is 248 g/mol. The van der Waals surface area contributed by atoms with E-state index in [-0.39, 0.29) is 11.4 Å². The van der Waals surface area contributed by atoms with Crippen molar-refractivity contribution < 1.29 is 14.6 Å². The molecule has 0 aliphatic heterocycles. The van der Waals surface area contributed by atoms with E-state index in [1.807, 2.05) is 0 Å². The highest BCUT2D eigenvalue weighted by Gasteiger charge is 2.25. The van der Waals surface area contributed by atoms with Crippen LogP contribution in [0.3, 0.4) is 0 Å². The first kappa shape index (κ1) is 12.8. The Kier molecular flexibility index (Phi) is 4.12. The zero-order chi connectivity index (χ0) is 12.3. The first-order chi connectivity index (χ1) is 7.45. The minimum absolute atomic E-state index is 0.0370. The summed E-state index contributed by atoms with van der Waals surface area (Å²) >= 11 is 5.72. The van der Waals surface area contributed by atoms with E-state index in [1.54, 1.807) is 20.8 Å². The van der Waals surface area contributed by atoms with Crippen LogP contribution in [0.25, 0.3) is 0 Å². The topological polar surface area (TPSA) is 77.2 Å². The molecule has 1 unspecified atom stereocenters. The fourth-order valence-corrected chi connectivity index (χ4v) is 1.47. The largest absolute Gasteiger partial charge is 0.478 e. The van der Waals surface area contributed by atoms with Crippen LogP contribution in [-0.4, -0.2) is 31.9 Å². The first-order valence-electron chi connectivity index (χ1n) is 4.97. The fraction of sp³-hybridized carbons (Fsp3) is 0.667. The van der Waals surface area contributed by atoms with Crippen molar-refractivity contribution in [1.29, 1.82) is 0 Å². The normalized spacial score (nSPS) is 12.8. The summed E-state index contributed by atoms with van der Waals surface area (Å²) in [6.07, 6.45) is 0.242. The van der Waals surface area contributed by atoms with E-state index in [0.29, 0.717) is 6.42 Å². The molecule has 0 aromatic carbocycles. The molecule has 0 radical (unpaired) electrons. The van der Waals surface area contributed by atoms with Gasteiger partial charge in [0, 0.05) is 0 Å². The van der Waals surface area contributed by atoms with Crippen molar-refractivity contribution in [3.63, 3.8) is 0 Å². The number of aromatic hydroxyl groups is 1. The van der Waals surface area contributed by atoms with Crippen molar-refractivity contribution in [1.82, 2.24) is 14.8 Å². The molecule has 0 saturated carbocycles. The van der Waals surface area contributed by atoms with Crippen molar-refractivity contribution in [2.24, 2.45) is 0 Å². The predicted molar refractivity (Wildman–Crippen MR) is 57.3 cm³/mol. The van der Waals surface area contributed by atoms with Crippen LogP contribution in [0.4, 0.5) is 0 Å². The van der Waals surface area contributed by atoms with E-state index in [4.69, 9.17) is 21.4 Å². The summed E-state index contributed by atoms with van der Waals surface area (Å²) < 4.78 is 6.21. The predicted octanol–water partition coefficient (Wildman–Crippen LogP) is 1.54. The van der Waals surface area contributed by atoms with E-state index >= 15 is 0 Å². The molecule has 0 aliphatic rings. The highest BCUT2D eigenvalue weighted by atomic mass is 35.5. The highest BCUT2D eigenvalue weighted by molar-refractivity contribution is 6.28. The monoisotopic (exact) mass is 247 g/mol. The molecule has 1 aromatic heterocycles. The lowest BCUT2D eigenvalue weighted by Crippen LogP contribution is -2.25. The SMILES string of the molecule is CCC(C(=O)OC(C)C)n1nc(O)nc1Cl. The molecule has 0 amide bonds.